The standard InChI is InChI=1S/C13H18FN3O2/c1-3-8(4-2)16-13(19)17-9-5-6-11(14)10(7-9)12(15)18/h5-8H,3-4H2,1-2H3,(H2,15,18)(H2,16,17,19). The summed E-state index contributed by atoms with van der Waals surface area (Å²) in [5, 5.41) is 5.31. The first-order valence-corrected chi connectivity index (χ1v) is 6.14. The second-order valence-electron chi connectivity index (χ2n) is 4.17. The minimum absolute atomic E-state index is 0.0797. The van der Waals surface area contributed by atoms with Crippen molar-refractivity contribution in [3.63, 3.8) is 0 Å². The maximum absolute atomic E-state index is 13.2. The number of urea groups is 1. The van der Waals surface area contributed by atoms with Crippen LogP contribution in [-0.4, -0.2) is 18.0 Å². The van der Waals surface area contributed by atoms with Crippen molar-refractivity contribution >= 4 is 17.6 Å². The molecule has 0 radical (unpaired) electrons. The van der Waals surface area contributed by atoms with Gasteiger partial charge in [0.15, 0.2) is 0 Å². The number of rotatable bonds is 5. The summed E-state index contributed by atoms with van der Waals surface area (Å²) in [5.74, 6) is -1.58. The molecule has 4 N–H and O–H groups in total. The number of carbonyl (C=O) groups excluding carboxylic acids is 2. The summed E-state index contributed by atoms with van der Waals surface area (Å²) in [7, 11) is 0. The molecular formula is C13H18FN3O2. The highest BCUT2D eigenvalue weighted by atomic mass is 19.1. The van der Waals surface area contributed by atoms with Gasteiger partial charge in [0, 0.05) is 11.7 Å². The molecule has 0 fully saturated rings. The molecule has 0 spiro atoms. The quantitative estimate of drug-likeness (QED) is 0.764. The molecule has 0 atom stereocenters. The van der Waals surface area contributed by atoms with Gasteiger partial charge in [-0.2, -0.15) is 0 Å². The van der Waals surface area contributed by atoms with Gasteiger partial charge in [-0.25, -0.2) is 9.18 Å². The third kappa shape index (κ3) is 4.24. The lowest BCUT2D eigenvalue weighted by molar-refractivity contribution is 0.0996. The summed E-state index contributed by atoms with van der Waals surface area (Å²) < 4.78 is 13.2. The molecule has 0 bridgehead atoms. The molecule has 5 nitrogen and oxygen atoms in total. The van der Waals surface area contributed by atoms with E-state index in [0.717, 1.165) is 18.9 Å². The van der Waals surface area contributed by atoms with E-state index in [9.17, 15) is 14.0 Å². The maximum atomic E-state index is 13.2. The number of amides is 3. The monoisotopic (exact) mass is 267 g/mol. The molecule has 0 aromatic heterocycles. The van der Waals surface area contributed by atoms with E-state index in [4.69, 9.17) is 5.73 Å². The number of carbonyl (C=O) groups is 2. The lowest BCUT2D eigenvalue weighted by atomic mass is 10.1. The Labute approximate surface area is 111 Å². The Balaban J connectivity index is 2.74. The van der Waals surface area contributed by atoms with Crippen LogP contribution in [0, 0.1) is 5.82 Å². The van der Waals surface area contributed by atoms with Gasteiger partial charge in [0.05, 0.1) is 5.56 Å². The molecule has 0 aliphatic rings. The highest BCUT2D eigenvalue weighted by Gasteiger charge is 2.12. The van der Waals surface area contributed by atoms with E-state index >= 15 is 0 Å². The first-order chi connectivity index (χ1) is 8.97. The van der Waals surface area contributed by atoms with Crippen LogP contribution >= 0.6 is 0 Å². The Hall–Kier alpha value is -2.11. The Morgan fingerprint density at radius 2 is 1.95 bits per heavy atom. The molecule has 0 aliphatic carbocycles. The zero-order valence-electron chi connectivity index (χ0n) is 11.0. The van der Waals surface area contributed by atoms with E-state index in [1.165, 1.54) is 12.1 Å². The van der Waals surface area contributed by atoms with E-state index in [-0.39, 0.29) is 11.6 Å². The average Bonchev–Trinajstić information content (AvgIpc) is 2.37. The number of nitrogens with one attached hydrogen (secondary N) is 2. The number of hydrogen-bond acceptors (Lipinski definition) is 2. The highest BCUT2D eigenvalue weighted by molar-refractivity contribution is 5.96. The van der Waals surface area contributed by atoms with E-state index in [1.807, 2.05) is 13.8 Å². The summed E-state index contributed by atoms with van der Waals surface area (Å²) >= 11 is 0. The van der Waals surface area contributed by atoms with Crippen molar-refractivity contribution in [2.75, 3.05) is 5.32 Å². The largest absolute Gasteiger partial charge is 0.366 e. The third-order valence-electron chi connectivity index (χ3n) is 2.81. The van der Waals surface area contributed by atoms with Crippen LogP contribution in [0.25, 0.3) is 0 Å². The Kier molecular flexibility index (Phi) is 5.29. The van der Waals surface area contributed by atoms with Crippen molar-refractivity contribution in [1.82, 2.24) is 5.32 Å². The summed E-state index contributed by atoms with van der Waals surface area (Å²) in [4.78, 5) is 22.7. The van der Waals surface area contributed by atoms with Gasteiger partial charge >= 0.3 is 6.03 Å². The second kappa shape index (κ2) is 6.72. The van der Waals surface area contributed by atoms with Gasteiger partial charge in [-0.05, 0) is 31.0 Å². The molecule has 0 unspecified atom stereocenters. The minimum atomic E-state index is -0.874. The van der Waals surface area contributed by atoms with Crippen molar-refractivity contribution in [2.24, 2.45) is 5.73 Å². The highest BCUT2D eigenvalue weighted by Crippen LogP contribution is 2.14. The van der Waals surface area contributed by atoms with Crippen molar-refractivity contribution < 1.29 is 14.0 Å². The molecule has 0 saturated carbocycles. The van der Waals surface area contributed by atoms with Crippen molar-refractivity contribution in [2.45, 2.75) is 32.7 Å². The SMILES string of the molecule is CCC(CC)NC(=O)Nc1ccc(F)c(C(N)=O)c1. The zero-order valence-corrected chi connectivity index (χ0v) is 11.0. The zero-order chi connectivity index (χ0) is 14.4. The molecule has 1 rings (SSSR count). The Bertz CT molecular complexity index is 473. The first-order valence-electron chi connectivity index (χ1n) is 6.14. The molecule has 0 aliphatic heterocycles. The summed E-state index contributed by atoms with van der Waals surface area (Å²) in [5.41, 5.74) is 5.10. The number of nitrogens with two attached hydrogens (primary N) is 1. The fourth-order valence-electron chi connectivity index (χ4n) is 1.64. The molecule has 6 heteroatoms. The number of halogens is 1. The summed E-state index contributed by atoms with van der Waals surface area (Å²) in [6, 6.07) is 3.36. The molecule has 19 heavy (non-hydrogen) atoms. The fraction of sp³-hybridized carbons (Fsp3) is 0.385. The molecule has 1 aromatic carbocycles. The smallest absolute Gasteiger partial charge is 0.319 e. The van der Waals surface area contributed by atoms with Gasteiger partial charge in [0.1, 0.15) is 5.82 Å². The number of benzene rings is 1. The van der Waals surface area contributed by atoms with Crippen LogP contribution < -0.4 is 16.4 Å². The van der Waals surface area contributed by atoms with Gasteiger partial charge in [-0.15, -0.1) is 0 Å². The maximum Gasteiger partial charge on any atom is 0.319 e. The van der Waals surface area contributed by atoms with Crippen molar-refractivity contribution in [3.8, 4) is 0 Å². The normalized spacial score (nSPS) is 10.3. The number of hydrogen-bond donors (Lipinski definition) is 3. The first kappa shape index (κ1) is 14.9. The third-order valence-corrected chi connectivity index (χ3v) is 2.81. The van der Waals surface area contributed by atoms with Gasteiger partial charge in [-0.1, -0.05) is 13.8 Å². The molecular weight excluding hydrogens is 249 g/mol. The average molecular weight is 267 g/mol. The van der Waals surface area contributed by atoms with Crippen LogP contribution in [0.4, 0.5) is 14.9 Å². The van der Waals surface area contributed by atoms with Crippen LogP contribution in [0.15, 0.2) is 18.2 Å². The topological polar surface area (TPSA) is 84.2 Å². The fourth-order valence-corrected chi connectivity index (χ4v) is 1.64. The van der Waals surface area contributed by atoms with Crippen molar-refractivity contribution in [3.05, 3.63) is 29.6 Å². The van der Waals surface area contributed by atoms with E-state index in [0.29, 0.717) is 5.69 Å². The minimum Gasteiger partial charge on any atom is -0.366 e. The lowest BCUT2D eigenvalue weighted by Gasteiger charge is -2.15. The van der Waals surface area contributed by atoms with Crippen molar-refractivity contribution in [1.29, 1.82) is 0 Å². The predicted octanol–water partition coefficient (Wildman–Crippen LogP) is 2.23. The second-order valence-corrected chi connectivity index (χ2v) is 4.17. The molecule has 0 heterocycles. The van der Waals surface area contributed by atoms with Gasteiger partial charge in [0.2, 0.25) is 0 Å². The predicted molar refractivity (Wildman–Crippen MR) is 71.4 cm³/mol. The van der Waals surface area contributed by atoms with Crippen LogP contribution in [0.2, 0.25) is 0 Å². The summed E-state index contributed by atoms with van der Waals surface area (Å²) in [6.45, 7) is 3.94. The van der Waals surface area contributed by atoms with Crippen LogP contribution in [0.3, 0.4) is 0 Å². The van der Waals surface area contributed by atoms with Gasteiger partial charge in [-0.3, -0.25) is 4.79 Å². The summed E-state index contributed by atoms with van der Waals surface area (Å²) in [6.07, 6.45) is 1.64. The van der Waals surface area contributed by atoms with E-state index < -0.39 is 17.8 Å². The molecule has 104 valence electrons. The van der Waals surface area contributed by atoms with Crippen LogP contribution in [0.1, 0.15) is 37.0 Å². The van der Waals surface area contributed by atoms with E-state index in [1.54, 1.807) is 0 Å². The lowest BCUT2D eigenvalue weighted by Crippen LogP contribution is -2.37. The molecule has 0 saturated heterocycles. The van der Waals surface area contributed by atoms with Crippen LogP contribution in [0.5, 0.6) is 0 Å². The molecule has 1 aromatic rings. The molecule has 3 amide bonds. The van der Waals surface area contributed by atoms with Gasteiger partial charge in [0.25, 0.3) is 5.91 Å². The van der Waals surface area contributed by atoms with Crippen LogP contribution in [-0.2, 0) is 0 Å². The van der Waals surface area contributed by atoms with E-state index in [2.05, 4.69) is 10.6 Å². The Morgan fingerprint density at radius 1 is 1.32 bits per heavy atom. The van der Waals surface area contributed by atoms with Gasteiger partial charge < -0.3 is 16.4 Å². The number of primary amides is 1. The Morgan fingerprint density at radius 3 is 2.47 bits per heavy atom. The number of anilines is 1.